The van der Waals surface area contributed by atoms with Crippen molar-refractivity contribution >= 4 is 5.97 Å². The van der Waals surface area contributed by atoms with E-state index in [0.717, 1.165) is 18.4 Å². The Morgan fingerprint density at radius 2 is 2.06 bits per heavy atom. The summed E-state index contributed by atoms with van der Waals surface area (Å²) in [7, 11) is 0. The average molecular weight is 221 g/mol. The number of hydrogen-bond acceptors (Lipinski definition) is 3. The largest absolute Gasteiger partial charge is 0.461 e. The van der Waals surface area contributed by atoms with Gasteiger partial charge in [-0.2, -0.15) is 0 Å². The van der Waals surface area contributed by atoms with Gasteiger partial charge in [0.2, 0.25) is 0 Å². The van der Waals surface area contributed by atoms with Gasteiger partial charge in [-0.25, -0.2) is 0 Å². The van der Waals surface area contributed by atoms with Gasteiger partial charge in [0.1, 0.15) is 6.61 Å². The monoisotopic (exact) mass is 221 g/mol. The fourth-order valence-corrected chi connectivity index (χ4v) is 1.53. The minimum Gasteiger partial charge on any atom is -0.461 e. The van der Waals surface area contributed by atoms with Crippen molar-refractivity contribution in [3.8, 4) is 0 Å². The van der Waals surface area contributed by atoms with Gasteiger partial charge >= 0.3 is 5.97 Å². The van der Waals surface area contributed by atoms with Crippen LogP contribution < -0.4 is 5.73 Å². The molecule has 0 radical (unpaired) electrons. The van der Waals surface area contributed by atoms with Crippen molar-refractivity contribution in [3.05, 3.63) is 35.9 Å². The molecule has 0 aliphatic carbocycles. The molecule has 16 heavy (non-hydrogen) atoms. The summed E-state index contributed by atoms with van der Waals surface area (Å²) >= 11 is 0. The fourth-order valence-electron chi connectivity index (χ4n) is 1.53. The zero-order chi connectivity index (χ0) is 11.8. The van der Waals surface area contributed by atoms with Crippen LogP contribution in [0.2, 0.25) is 0 Å². The van der Waals surface area contributed by atoms with Gasteiger partial charge in [0, 0.05) is 6.54 Å². The standard InChI is InChI=1S/C13H19NO2/c1-2-6-12(9-14)13(15)16-10-11-7-4-3-5-8-11/h3-5,7-8,12H,2,6,9-10,14H2,1H3. The Balaban J connectivity index is 2.40. The minimum atomic E-state index is -0.187. The molecule has 0 aromatic heterocycles. The van der Waals surface area contributed by atoms with Crippen LogP contribution in [0.4, 0.5) is 0 Å². The first kappa shape index (κ1) is 12.7. The van der Waals surface area contributed by atoms with Gasteiger partial charge in [-0.1, -0.05) is 43.7 Å². The third-order valence-corrected chi connectivity index (χ3v) is 2.48. The Morgan fingerprint density at radius 1 is 1.38 bits per heavy atom. The highest BCUT2D eigenvalue weighted by molar-refractivity contribution is 5.72. The number of rotatable bonds is 6. The maximum Gasteiger partial charge on any atom is 0.310 e. The van der Waals surface area contributed by atoms with Gasteiger partial charge in [0.15, 0.2) is 0 Å². The van der Waals surface area contributed by atoms with E-state index in [2.05, 4.69) is 0 Å². The van der Waals surface area contributed by atoms with Crippen molar-refractivity contribution in [2.45, 2.75) is 26.4 Å². The second-order valence-electron chi connectivity index (χ2n) is 3.81. The van der Waals surface area contributed by atoms with E-state index in [1.807, 2.05) is 37.3 Å². The SMILES string of the molecule is CCCC(CN)C(=O)OCc1ccccc1. The lowest BCUT2D eigenvalue weighted by atomic mass is 10.0. The lowest BCUT2D eigenvalue weighted by Crippen LogP contribution is -2.25. The van der Waals surface area contributed by atoms with Crippen molar-refractivity contribution in [3.63, 3.8) is 0 Å². The van der Waals surface area contributed by atoms with Gasteiger partial charge in [-0.3, -0.25) is 4.79 Å². The first-order valence-corrected chi connectivity index (χ1v) is 5.68. The Labute approximate surface area is 96.6 Å². The molecule has 0 saturated carbocycles. The van der Waals surface area contributed by atoms with Gasteiger partial charge < -0.3 is 10.5 Å². The number of nitrogens with two attached hydrogens (primary N) is 1. The molecule has 0 fully saturated rings. The third-order valence-electron chi connectivity index (χ3n) is 2.48. The molecular weight excluding hydrogens is 202 g/mol. The van der Waals surface area contributed by atoms with E-state index in [1.54, 1.807) is 0 Å². The smallest absolute Gasteiger partial charge is 0.310 e. The Morgan fingerprint density at radius 3 is 2.62 bits per heavy atom. The second-order valence-corrected chi connectivity index (χ2v) is 3.81. The highest BCUT2D eigenvalue weighted by Gasteiger charge is 2.16. The van der Waals surface area contributed by atoms with Crippen LogP contribution in [-0.2, 0) is 16.1 Å². The third kappa shape index (κ3) is 4.03. The van der Waals surface area contributed by atoms with Gasteiger partial charge in [-0.15, -0.1) is 0 Å². The maximum atomic E-state index is 11.6. The van der Waals surface area contributed by atoms with Crippen LogP contribution in [0.25, 0.3) is 0 Å². The summed E-state index contributed by atoms with van der Waals surface area (Å²) in [5.41, 5.74) is 6.53. The summed E-state index contributed by atoms with van der Waals surface area (Å²) in [5, 5.41) is 0. The van der Waals surface area contributed by atoms with Crippen LogP contribution in [-0.4, -0.2) is 12.5 Å². The second kappa shape index (κ2) is 7.01. The summed E-state index contributed by atoms with van der Waals surface area (Å²) in [6, 6.07) is 9.66. The molecule has 1 unspecified atom stereocenters. The summed E-state index contributed by atoms with van der Waals surface area (Å²) in [4.78, 5) is 11.6. The Bertz CT molecular complexity index is 311. The molecule has 3 nitrogen and oxygen atoms in total. The lowest BCUT2D eigenvalue weighted by Gasteiger charge is -2.12. The van der Waals surface area contributed by atoms with E-state index in [9.17, 15) is 4.79 Å². The molecule has 0 spiro atoms. The predicted molar refractivity (Wildman–Crippen MR) is 63.7 cm³/mol. The van der Waals surface area contributed by atoms with Gasteiger partial charge in [0.25, 0.3) is 0 Å². The van der Waals surface area contributed by atoms with Crippen molar-refractivity contribution in [2.75, 3.05) is 6.54 Å². The minimum absolute atomic E-state index is 0.159. The predicted octanol–water partition coefficient (Wildman–Crippen LogP) is 2.10. The van der Waals surface area contributed by atoms with Crippen LogP contribution in [0.3, 0.4) is 0 Å². The maximum absolute atomic E-state index is 11.6. The van der Waals surface area contributed by atoms with Crippen LogP contribution in [0.15, 0.2) is 30.3 Å². The normalized spacial score (nSPS) is 12.1. The summed E-state index contributed by atoms with van der Waals surface area (Å²) in [5.74, 6) is -0.345. The molecule has 3 heteroatoms. The molecule has 1 atom stereocenters. The van der Waals surface area contributed by atoms with Crippen molar-refractivity contribution in [1.82, 2.24) is 0 Å². The molecule has 0 bridgehead atoms. The number of hydrogen-bond donors (Lipinski definition) is 1. The quantitative estimate of drug-likeness (QED) is 0.748. The lowest BCUT2D eigenvalue weighted by molar-refractivity contribution is -0.149. The summed E-state index contributed by atoms with van der Waals surface area (Å²) in [6.45, 7) is 2.73. The number of carbonyl (C=O) groups excluding carboxylic acids is 1. The van der Waals surface area contributed by atoms with E-state index >= 15 is 0 Å². The van der Waals surface area contributed by atoms with Crippen molar-refractivity contribution in [2.24, 2.45) is 11.7 Å². The number of benzene rings is 1. The molecule has 1 aromatic carbocycles. The molecule has 1 aromatic rings. The van der Waals surface area contributed by atoms with E-state index < -0.39 is 0 Å². The molecule has 1 rings (SSSR count). The molecular formula is C13H19NO2. The highest BCUT2D eigenvalue weighted by Crippen LogP contribution is 2.09. The zero-order valence-corrected chi connectivity index (χ0v) is 9.69. The molecule has 0 aliphatic heterocycles. The number of esters is 1. The van der Waals surface area contributed by atoms with Crippen LogP contribution in [0.1, 0.15) is 25.3 Å². The molecule has 2 N–H and O–H groups in total. The molecule has 88 valence electrons. The van der Waals surface area contributed by atoms with Crippen molar-refractivity contribution < 1.29 is 9.53 Å². The average Bonchev–Trinajstić information content (AvgIpc) is 2.34. The van der Waals surface area contributed by atoms with Crippen LogP contribution >= 0.6 is 0 Å². The number of ether oxygens (including phenoxy) is 1. The van der Waals surface area contributed by atoms with Gasteiger partial charge in [0.05, 0.1) is 5.92 Å². The zero-order valence-electron chi connectivity index (χ0n) is 9.69. The molecule has 0 amide bonds. The Kier molecular flexibility index (Phi) is 5.57. The number of carbonyl (C=O) groups is 1. The summed E-state index contributed by atoms with van der Waals surface area (Å²) in [6.07, 6.45) is 1.74. The van der Waals surface area contributed by atoms with Crippen LogP contribution in [0.5, 0.6) is 0 Å². The van der Waals surface area contributed by atoms with E-state index in [1.165, 1.54) is 0 Å². The fraction of sp³-hybridized carbons (Fsp3) is 0.462. The van der Waals surface area contributed by atoms with Crippen molar-refractivity contribution in [1.29, 1.82) is 0 Å². The summed E-state index contributed by atoms with van der Waals surface area (Å²) < 4.78 is 5.21. The molecule has 0 aliphatic rings. The van der Waals surface area contributed by atoms with Crippen LogP contribution in [0, 0.1) is 5.92 Å². The highest BCUT2D eigenvalue weighted by atomic mass is 16.5. The Hall–Kier alpha value is -1.35. The van der Waals surface area contributed by atoms with E-state index in [-0.39, 0.29) is 11.9 Å². The first-order chi connectivity index (χ1) is 7.77. The van der Waals surface area contributed by atoms with E-state index in [0.29, 0.717) is 13.2 Å². The van der Waals surface area contributed by atoms with E-state index in [4.69, 9.17) is 10.5 Å². The molecule has 0 saturated heterocycles. The first-order valence-electron chi connectivity index (χ1n) is 5.68. The van der Waals surface area contributed by atoms with Gasteiger partial charge in [-0.05, 0) is 12.0 Å². The topological polar surface area (TPSA) is 52.3 Å². The molecule has 0 heterocycles.